The molecule has 1 aliphatic carbocycles. The second-order valence-electron chi connectivity index (χ2n) is 6.92. The molecule has 0 aromatic heterocycles. The second-order valence-corrected chi connectivity index (χ2v) is 6.92. The average Bonchev–Trinajstić information content (AvgIpc) is 3.22. The molecular formula is C19H24FN3O3. The molecule has 1 aromatic carbocycles. The highest BCUT2D eigenvalue weighted by molar-refractivity contribution is 6.38. The summed E-state index contributed by atoms with van der Waals surface area (Å²) in [5, 5.41) is 6.64. The second kappa shape index (κ2) is 6.96. The van der Waals surface area contributed by atoms with E-state index in [-0.39, 0.29) is 17.7 Å². The van der Waals surface area contributed by atoms with Gasteiger partial charge in [0.25, 0.3) is 0 Å². The summed E-state index contributed by atoms with van der Waals surface area (Å²) in [5.41, 5.74) is 0.883. The van der Waals surface area contributed by atoms with Crippen molar-refractivity contribution in [1.82, 2.24) is 4.90 Å². The van der Waals surface area contributed by atoms with Gasteiger partial charge in [-0.05, 0) is 50.5 Å². The molecule has 26 heavy (non-hydrogen) atoms. The van der Waals surface area contributed by atoms with Gasteiger partial charge in [-0.2, -0.15) is 5.10 Å². The van der Waals surface area contributed by atoms with E-state index in [4.69, 9.17) is 14.6 Å². The van der Waals surface area contributed by atoms with Crippen molar-refractivity contribution in [2.75, 3.05) is 37.9 Å². The van der Waals surface area contributed by atoms with Crippen LogP contribution in [0.3, 0.4) is 0 Å². The zero-order valence-electron chi connectivity index (χ0n) is 15.0. The van der Waals surface area contributed by atoms with Crippen LogP contribution in [0.1, 0.15) is 26.2 Å². The van der Waals surface area contributed by atoms with Crippen LogP contribution < -0.4 is 5.01 Å². The number of halogens is 1. The molecule has 0 unspecified atom stereocenters. The number of nitrogens with zero attached hydrogens (tertiary/aromatic N) is 3. The maximum Gasteiger partial charge on any atom is 0.354 e. The van der Waals surface area contributed by atoms with Crippen LogP contribution >= 0.6 is 0 Å². The smallest absolute Gasteiger partial charge is 0.354 e. The topological polar surface area (TPSA) is 54.4 Å². The molecule has 1 saturated heterocycles. The first-order valence-electron chi connectivity index (χ1n) is 9.31. The van der Waals surface area contributed by atoms with Crippen LogP contribution in [-0.2, 0) is 14.3 Å². The highest BCUT2D eigenvalue weighted by Crippen LogP contribution is 2.50. The van der Waals surface area contributed by atoms with Crippen molar-refractivity contribution in [3.05, 3.63) is 30.1 Å². The number of ether oxygens (including phenoxy) is 2. The molecule has 1 saturated carbocycles. The quantitative estimate of drug-likeness (QED) is 0.771. The molecular weight excluding hydrogens is 337 g/mol. The molecule has 0 radical (unpaired) electrons. The first-order chi connectivity index (χ1) is 12.7. The van der Waals surface area contributed by atoms with Crippen LogP contribution in [0.5, 0.6) is 0 Å². The van der Waals surface area contributed by atoms with E-state index in [0.29, 0.717) is 25.5 Å². The van der Waals surface area contributed by atoms with Crippen LogP contribution in [0, 0.1) is 11.7 Å². The predicted molar refractivity (Wildman–Crippen MR) is 95.4 cm³/mol. The Bertz CT molecular complexity index is 702. The standard InChI is InChI=1S/C19H24FN3O3/c1-2-26-18(24)17-16-4-3-9-19(16,22-10-12-25-13-11-22)23(21-17)15-7-5-14(20)6-8-15/h5-8,16H,2-4,9-13H2,1H3/t16-,19-/m1/s1. The normalized spacial score (nSPS) is 28.8. The largest absolute Gasteiger partial charge is 0.461 e. The molecule has 0 N–H and O–H groups in total. The Labute approximate surface area is 152 Å². The minimum absolute atomic E-state index is 0.00953. The van der Waals surface area contributed by atoms with Gasteiger partial charge in [0.1, 0.15) is 11.5 Å². The van der Waals surface area contributed by atoms with E-state index in [2.05, 4.69) is 4.90 Å². The van der Waals surface area contributed by atoms with E-state index in [1.54, 1.807) is 19.1 Å². The first kappa shape index (κ1) is 17.4. The lowest BCUT2D eigenvalue weighted by molar-refractivity contribution is -0.135. The Morgan fingerprint density at radius 2 is 2.08 bits per heavy atom. The molecule has 2 fully saturated rings. The third kappa shape index (κ3) is 2.70. The van der Waals surface area contributed by atoms with E-state index in [9.17, 15) is 9.18 Å². The fourth-order valence-corrected chi connectivity index (χ4v) is 4.56. The molecule has 2 heterocycles. The van der Waals surface area contributed by atoms with Crippen molar-refractivity contribution in [3.63, 3.8) is 0 Å². The lowest BCUT2D eigenvalue weighted by Crippen LogP contribution is -2.62. The van der Waals surface area contributed by atoms with Crippen molar-refractivity contribution in [3.8, 4) is 0 Å². The molecule has 7 heteroatoms. The van der Waals surface area contributed by atoms with Gasteiger partial charge in [-0.25, -0.2) is 14.2 Å². The van der Waals surface area contributed by atoms with E-state index >= 15 is 0 Å². The summed E-state index contributed by atoms with van der Waals surface area (Å²) in [6.45, 7) is 5.04. The summed E-state index contributed by atoms with van der Waals surface area (Å²) in [4.78, 5) is 14.9. The van der Waals surface area contributed by atoms with Gasteiger partial charge in [0.05, 0.1) is 25.5 Å². The molecule has 2 aliphatic heterocycles. The Hall–Kier alpha value is -1.99. The Kier molecular flexibility index (Phi) is 4.67. The molecule has 0 spiro atoms. The van der Waals surface area contributed by atoms with E-state index in [1.807, 2.05) is 5.01 Å². The van der Waals surface area contributed by atoms with Crippen LogP contribution in [-0.4, -0.2) is 55.2 Å². The third-order valence-electron chi connectivity index (χ3n) is 5.61. The van der Waals surface area contributed by atoms with E-state index in [0.717, 1.165) is 38.0 Å². The number of rotatable bonds is 4. The SMILES string of the molecule is CCOC(=O)C1=NN(c2ccc(F)cc2)[C@]2(N3CCOCC3)CCC[C@H]12. The fourth-order valence-electron chi connectivity index (χ4n) is 4.56. The van der Waals surface area contributed by atoms with Crippen LogP contribution in [0.2, 0.25) is 0 Å². The highest BCUT2D eigenvalue weighted by Gasteiger charge is 2.59. The van der Waals surface area contributed by atoms with Gasteiger partial charge in [0, 0.05) is 19.0 Å². The molecule has 2 atom stereocenters. The van der Waals surface area contributed by atoms with Gasteiger partial charge < -0.3 is 9.47 Å². The molecule has 0 bridgehead atoms. The average molecular weight is 361 g/mol. The lowest BCUT2D eigenvalue weighted by Gasteiger charge is -2.48. The van der Waals surface area contributed by atoms with Gasteiger partial charge in [0.15, 0.2) is 5.71 Å². The minimum atomic E-state index is -0.399. The van der Waals surface area contributed by atoms with Crippen molar-refractivity contribution in [1.29, 1.82) is 0 Å². The number of benzene rings is 1. The molecule has 0 amide bonds. The van der Waals surface area contributed by atoms with Gasteiger partial charge in [-0.3, -0.25) is 4.90 Å². The van der Waals surface area contributed by atoms with Crippen molar-refractivity contribution in [2.45, 2.75) is 31.8 Å². The zero-order chi connectivity index (χ0) is 18.1. The lowest BCUT2D eigenvalue weighted by atomic mass is 9.89. The fraction of sp³-hybridized carbons (Fsp3) is 0.579. The summed E-state index contributed by atoms with van der Waals surface area (Å²) >= 11 is 0. The summed E-state index contributed by atoms with van der Waals surface area (Å²) in [6, 6.07) is 6.32. The van der Waals surface area contributed by atoms with Gasteiger partial charge in [-0.1, -0.05) is 0 Å². The minimum Gasteiger partial charge on any atom is -0.461 e. The van der Waals surface area contributed by atoms with Crippen LogP contribution in [0.15, 0.2) is 29.4 Å². The van der Waals surface area contributed by atoms with Crippen LogP contribution in [0.4, 0.5) is 10.1 Å². The number of hydrogen-bond donors (Lipinski definition) is 0. The van der Waals surface area contributed by atoms with Crippen molar-refractivity contribution < 1.29 is 18.7 Å². The molecule has 140 valence electrons. The first-order valence-corrected chi connectivity index (χ1v) is 9.31. The maximum absolute atomic E-state index is 13.4. The number of anilines is 1. The number of esters is 1. The van der Waals surface area contributed by atoms with E-state index < -0.39 is 5.66 Å². The Morgan fingerprint density at radius 1 is 1.35 bits per heavy atom. The molecule has 1 aromatic rings. The number of hydrazone groups is 1. The summed E-state index contributed by atoms with van der Waals surface area (Å²) < 4.78 is 24.2. The summed E-state index contributed by atoms with van der Waals surface area (Å²) in [7, 11) is 0. The molecule has 3 aliphatic rings. The van der Waals surface area contributed by atoms with Crippen LogP contribution in [0.25, 0.3) is 0 Å². The zero-order valence-corrected chi connectivity index (χ0v) is 15.0. The number of hydrogen-bond acceptors (Lipinski definition) is 6. The summed E-state index contributed by atoms with van der Waals surface area (Å²) in [6.07, 6.45) is 2.81. The number of carbonyl (C=O) groups is 1. The molecule has 6 nitrogen and oxygen atoms in total. The molecule has 4 rings (SSSR count). The van der Waals surface area contributed by atoms with Gasteiger partial charge in [-0.15, -0.1) is 0 Å². The predicted octanol–water partition coefficient (Wildman–Crippen LogP) is 2.39. The maximum atomic E-state index is 13.4. The van der Waals surface area contributed by atoms with Gasteiger partial charge in [0.2, 0.25) is 0 Å². The van der Waals surface area contributed by atoms with E-state index in [1.165, 1.54) is 12.1 Å². The Morgan fingerprint density at radius 3 is 2.77 bits per heavy atom. The Balaban J connectivity index is 1.77. The number of carbonyl (C=O) groups excluding carboxylic acids is 1. The highest BCUT2D eigenvalue weighted by atomic mass is 19.1. The van der Waals surface area contributed by atoms with Gasteiger partial charge >= 0.3 is 5.97 Å². The van der Waals surface area contributed by atoms with Crippen molar-refractivity contribution >= 4 is 17.4 Å². The number of fused-ring (bicyclic) bond motifs is 1. The monoisotopic (exact) mass is 361 g/mol. The summed E-state index contributed by atoms with van der Waals surface area (Å²) in [5.74, 6) is -0.641. The number of morpholine rings is 1. The van der Waals surface area contributed by atoms with Crippen molar-refractivity contribution in [2.24, 2.45) is 11.0 Å². The third-order valence-corrected chi connectivity index (χ3v) is 5.61.